The third kappa shape index (κ3) is 2.37. The Morgan fingerprint density at radius 1 is 1.25 bits per heavy atom. The topological polar surface area (TPSA) is 3.24 Å². The fraction of sp³-hybridized carbons (Fsp3) is 0.385. The molecule has 1 aromatic carbocycles. The summed E-state index contributed by atoms with van der Waals surface area (Å²) in [6.45, 7) is 2.57. The maximum absolute atomic E-state index is 13.9. The van der Waals surface area contributed by atoms with Gasteiger partial charge in [0.05, 0.1) is 6.04 Å². The summed E-state index contributed by atoms with van der Waals surface area (Å²) in [7, 11) is 0. The molecular weight excluding hydrogens is 301 g/mol. The van der Waals surface area contributed by atoms with Gasteiger partial charge in [-0.2, -0.15) is 13.2 Å². The highest BCUT2D eigenvalue weighted by Crippen LogP contribution is 2.44. The predicted molar refractivity (Wildman–Crippen MR) is 65.2 cm³/mol. The van der Waals surface area contributed by atoms with E-state index in [1.54, 1.807) is 6.92 Å². The molecule has 110 valence electrons. The van der Waals surface area contributed by atoms with Crippen LogP contribution in [-0.4, -0.2) is 17.1 Å². The molecule has 1 aliphatic heterocycles. The zero-order valence-electron chi connectivity index (χ0n) is 10.6. The van der Waals surface area contributed by atoms with E-state index in [0.717, 1.165) is 24.0 Å². The minimum absolute atomic E-state index is 0.0625. The summed E-state index contributed by atoms with van der Waals surface area (Å²) in [4.78, 5) is 0.988. The van der Waals surface area contributed by atoms with E-state index in [1.807, 2.05) is 0 Å². The highest BCUT2D eigenvalue weighted by molar-refractivity contribution is 6.31. The Kier molecular flexibility index (Phi) is 3.71. The van der Waals surface area contributed by atoms with E-state index in [2.05, 4.69) is 0 Å². The molecule has 0 radical (unpaired) electrons. The second-order valence-corrected chi connectivity index (χ2v) is 5.08. The van der Waals surface area contributed by atoms with Gasteiger partial charge in [-0.15, -0.1) is 0 Å². The first-order valence-corrected chi connectivity index (χ1v) is 6.18. The van der Waals surface area contributed by atoms with Crippen molar-refractivity contribution in [3.05, 3.63) is 46.1 Å². The van der Waals surface area contributed by atoms with Crippen LogP contribution in [0.5, 0.6) is 0 Å². The minimum Gasteiger partial charge on any atom is -0.355 e. The molecule has 0 saturated carbocycles. The number of halogens is 6. The monoisotopic (exact) mass is 311 g/mol. The summed E-state index contributed by atoms with van der Waals surface area (Å²) >= 11 is 5.46. The van der Waals surface area contributed by atoms with Crippen LogP contribution in [0.2, 0.25) is 5.02 Å². The Morgan fingerprint density at radius 3 is 2.35 bits per heavy atom. The zero-order chi connectivity index (χ0) is 15.2. The molecule has 2 atom stereocenters. The van der Waals surface area contributed by atoms with Gasteiger partial charge < -0.3 is 4.90 Å². The largest absolute Gasteiger partial charge is 0.408 e. The molecule has 2 unspecified atom stereocenters. The molecule has 0 N–H and O–H groups in total. The molecule has 2 rings (SSSR count). The molecule has 0 saturated heterocycles. The van der Waals surface area contributed by atoms with Crippen molar-refractivity contribution in [2.45, 2.75) is 32.1 Å². The van der Waals surface area contributed by atoms with Gasteiger partial charge in [0.25, 0.3) is 0 Å². The lowest BCUT2D eigenvalue weighted by Gasteiger charge is -2.44. The summed E-state index contributed by atoms with van der Waals surface area (Å²) < 4.78 is 65.2. The second-order valence-electron chi connectivity index (χ2n) is 4.71. The molecule has 1 aromatic rings. The van der Waals surface area contributed by atoms with Crippen molar-refractivity contribution in [3.8, 4) is 0 Å². The van der Waals surface area contributed by atoms with Crippen LogP contribution in [0.15, 0.2) is 23.9 Å². The molecule has 0 aromatic heterocycles. The van der Waals surface area contributed by atoms with Gasteiger partial charge in [0, 0.05) is 11.8 Å². The van der Waals surface area contributed by atoms with E-state index in [-0.39, 0.29) is 5.56 Å². The fourth-order valence-electron chi connectivity index (χ4n) is 2.20. The molecule has 1 nitrogen and oxygen atoms in total. The first kappa shape index (κ1) is 15.1. The number of nitrogens with zero attached hydrogens (tertiary/aromatic N) is 1. The van der Waals surface area contributed by atoms with Crippen LogP contribution in [0, 0.1) is 11.6 Å². The Labute approximate surface area is 117 Å². The highest BCUT2D eigenvalue weighted by atomic mass is 35.5. The normalized spacial score (nSPS) is 20.5. The van der Waals surface area contributed by atoms with E-state index in [9.17, 15) is 22.0 Å². The lowest BCUT2D eigenvalue weighted by Crippen LogP contribution is -2.47. The number of hydrogen-bond acceptors (Lipinski definition) is 1. The lowest BCUT2D eigenvalue weighted by atomic mass is 9.91. The van der Waals surface area contributed by atoms with E-state index < -0.39 is 34.9 Å². The zero-order valence-corrected chi connectivity index (χ0v) is 11.4. The van der Waals surface area contributed by atoms with E-state index in [4.69, 9.17) is 11.6 Å². The molecule has 7 heteroatoms. The Hall–Kier alpha value is -1.30. The fourth-order valence-corrected chi connectivity index (χ4v) is 2.37. The van der Waals surface area contributed by atoms with Gasteiger partial charge in [-0.25, -0.2) is 8.78 Å². The van der Waals surface area contributed by atoms with Crippen molar-refractivity contribution in [1.29, 1.82) is 0 Å². The van der Waals surface area contributed by atoms with Crippen molar-refractivity contribution >= 4 is 11.6 Å². The third-order valence-electron chi connectivity index (χ3n) is 3.36. The average molecular weight is 312 g/mol. The highest BCUT2D eigenvalue weighted by Gasteiger charge is 2.46. The Bertz CT molecular complexity index is 567. The van der Waals surface area contributed by atoms with E-state index in [1.165, 1.54) is 6.20 Å². The maximum Gasteiger partial charge on any atom is 0.408 e. The van der Waals surface area contributed by atoms with E-state index in [0.29, 0.717) is 5.57 Å². The van der Waals surface area contributed by atoms with Crippen LogP contribution in [0.25, 0.3) is 0 Å². The number of rotatable bonds is 2. The van der Waals surface area contributed by atoms with Crippen LogP contribution >= 0.6 is 11.6 Å². The molecule has 0 aliphatic carbocycles. The molecule has 20 heavy (non-hydrogen) atoms. The molecule has 0 bridgehead atoms. The van der Waals surface area contributed by atoms with Crippen molar-refractivity contribution < 1.29 is 22.0 Å². The van der Waals surface area contributed by atoms with Gasteiger partial charge in [-0.1, -0.05) is 17.7 Å². The number of alkyl halides is 3. The van der Waals surface area contributed by atoms with Gasteiger partial charge in [0.15, 0.2) is 0 Å². The third-order valence-corrected chi connectivity index (χ3v) is 3.71. The molecule has 1 aliphatic rings. The quantitative estimate of drug-likeness (QED) is 0.558. The SMILES string of the molecule is CC1=CN(C(C)C(F)(F)F)C1c1ccc(F)c(Cl)c1F. The standard InChI is InChI=1S/C13H11ClF5N/c1-6-5-20(7(2)13(17,18)19)12(6)8-3-4-9(15)10(14)11(8)16/h3-5,7,12H,1-2H3. The first-order chi connectivity index (χ1) is 9.14. The lowest BCUT2D eigenvalue weighted by molar-refractivity contribution is -0.179. The second kappa shape index (κ2) is 4.91. The van der Waals surface area contributed by atoms with Crippen molar-refractivity contribution in [1.82, 2.24) is 4.90 Å². The Morgan fingerprint density at radius 2 is 1.85 bits per heavy atom. The molecule has 0 amide bonds. The molecule has 0 spiro atoms. The predicted octanol–water partition coefficient (Wildman–Crippen LogP) is 4.83. The van der Waals surface area contributed by atoms with Crippen LogP contribution in [0.3, 0.4) is 0 Å². The van der Waals surface area contributed by atoms with Crippen LogP contribution in [0.1, 0.15) is 25.5 Å². The van der Waals surface area contributed by atoms with Crippen LogP contribution in [0.4, 0.5) is 22.0 Å². The smallest absolute Gasteiger partial charge is 0.355 e. The summed E-state index contributed by atoms with van der Waals surface area (Å²) in [6, 6.07) is -0.583. The molecule has 1 heterocycles. The number of benzene rings is 1. The van der Waals surface area contributed by atoms with Gasteiger partial charge >= 0.3 is 6.18 Å². The van der Waals surface area contributed by atoms with Crippen LogP contribution in [-0.2, 0) is 0 Å². The minimum atomic E-state index is -4.43. The van der Waals surface area contributed by atoms with Crippen molar-refractivity contribution in [2.75, 3.05) is 0 Å². The summed E-state index contributed by atoms with van der Waals surface area (Å²) in [6.07, 6.45) is -3.13. The van der Waals surface area contributed by atoms with Crippen LogP contribution < -0.4 is 0 Å². The first-order valence-electron chi connectivity index (χ1n) is 5.80. The van der Waals surface area contributed by atoms with E-state index >= 15 is 0 Å². The number of hydrogen-bond donors (Lipinski definition) is 0. The van der Waals surface area contributed by atoms with Crippen molar-refractivity contribution in [2.24, 2.45) is 0 Å². The van der Waals surface area contributed by atoms with Gasteiger partial charge in [-0.05, 0) is 25.5 Å². The molecular formula is C13H11ClF5N. The summed E-state index contributed by atoms with van der Waals surface area (Å²) in [5.41, 5.74) is 0.496. The summed E-state index contributed by atoms with van der Waals surface area (Å²) in [5.74, 6) is -1.97. The van der Waals surface area contributed by atoms with Gasteiger partial charge in [0.2, 0.25) is 0 Å². The van der Waals surface area contributed by atoms with Gasteiger partial charge in [0.1, 0.15) is 22.7 Å². The van der Waals surface area contributed by atoms with Gasteiger partial charge in [-0.3, -0.25) is 0 Å². The summed E-state index contributed by atoms with van der Waals surface area (Å²) in [5, 5.41) is -0.707. The maximum atomic E-state index is 13.9. The molecule has 0 fully saturated rings. The average Bonchev–Trinajstić information content (AvgIpc) is 2.34. The van der Waals surface area contributed by atoms with Crippen molar-refractivity contribution in [3.63, 3.8) is 0 Å². The Balaban J connectivity index is 2.39.